The lowest BCUT2D eigenvalue weighted by Gasteiger charge is -2.08. The van der Waals surface area contributed by atoms with Gasteiger partial charge in [-0.15, -0.1) is 11.8 Å². The Morgan fingerprint density at radius 3 is 2.52 bits per heavy atom. The number of H-pyrrole nitrogens is 1. The van der Waals surface area contributed by atoms with Crippen LogP contribution in [0.2, 0.25) is 0 Å². The van der Waals surface area contributed by atoms with Crippen LogP contribution < -0.4 is 11.2 Å². The van der Waals surface area contributed by atoms with Crippen molar-refractivity contribution in [1.29, 1.82) is 0 Å². The molecule has 1 aromatic heterocycles. The molecule has 128 valence electrons. The Balaban J connectivity index is 2.05. The van der Waals surface area contributed by atoms with Gasteiger partial charge in [-0.25, -0.2) is 9.59 Å². The minimum Gasteiger partial charge on any atom is -0.465 e. The van der Waals surface area contributed by atoms with E-state index in [4.69, 9.17) is 0 Å². The van der Waals surface area contributed by atoms with Crippen molar-refractivity contribution in [3.05, 3.63) is 74.4 Å². The van der Waals surface area contributed by atoms with Crippen molar-refractivity contribution >= 4 is 28.6 Å². The molecule has 0 fully saturated rings. The van der Waals surface area contributed by atoms with Gasteiger partial charge >= 0.3 is 11.7 Å². The highest BCUT2D eigenvalue weighted by atomic mass is 32.2. The van der Waals surface area contributed by atoms with Gasteiger partial charge in [0.1, 0.15) is 0 Å². The van der Waals surface area contributed by atoms with Crippen molar-refractivity contribution in [3.8, 4) is 0 Å². The van der Waals surface area contributed by atoms with Crippen LogP contribution in [0.1, 0.15) is 15.9 Å². The maximum absolute atomic E-state index is 12.7. The molecule has 0 aliphatic rings. The first-order chi connectivity index (χ1) is 12.0. The van der Waals surface area contributed by atoms with Crippen LogP contribution in [-0.4, -0.2) is 28.9 Å². The van der Waals surface area contributed by atoms with Gasteiger partial charge in [0.05, 0.1) is 30.1 Å². The van der Waals surface area contributed by atoms with Crippen LogP contribution in [0.3, 0.4) is 0 Å². The fraction of sp³-hybridized carbons (Fsp3) is 0.167. The first-order valence-electron chi connectivity index (χ1n) is 7.51. The second kappa shape index (κ2) is 6.98. The van der Waals surface area contributed by atoms with Crippen LogP contribution >= 0.6 is 11.8 Å². The molecule has 0 atom stereocenters. The lowest BCUT2D eigenvalue weighted by atomic mass is 10.1. The zero-order valence-corrected chi connectivity index (χ0v) is 14.6. The van der Waals surface area contributed by atoms with Gasteiger partial charge in [-0.1, -0.05) is 12.1 Å². The number of fused-ring (bicyclic) bond motifs is 1. The standard InChI is InChI=1S/C18H16N2O4S/c1-24-17(22)12-5-8-14-15(9-12)19-18(23)20(16(14)21)10-11-3-6-13(25-2)7-4-11/h3-9H,10H2,1-2H3,(H,19,23). The van der Waals surface area contributed by atoms with Gasteiger partial charge in [0.15, 0.2) is 0 Å². The normalized spacial score (nSPS) is 10.8. The fourth-order valence-corrected chi connectivity index (χ4v) is 2.96. The topological polar surface area (TPSA) is 81.2 Å². The van der Waals surface area contributed by atoms with E-state index in [2.05, 4.69) is 9.72 Å². The molecule has 3 aromatic rings. The molecular weight excluding hydrogens is 340 g/mol. The third kappa shape index (κ3) is 3.36. The smallest absolute Gasteiger partial charge is 0.337 e. The molecule has 0 aliphatic heterocycles. The van der Waals surface area contributed by atoms with Crippen molar-refractivity contribution < 1.29 is 9.53 Å². The number of aromatic nitrogens is 2. The number of hydrogen-bond acceptors (Lipinski definition) is 5. The van der Waals surface area contributed by atoms with Crippen LogP contribution in [0, 0.1) is 0 Å². The van der Waals surface area contributed by atoms with Crippen molar-refractivity contribution in [2.75, 3.05) is 13.4 Å². The molecular formula is C18H16N2O4S. The minimum absolute atomic E-state index is 0.178. The Kier molecular flexibility index (Phi) is 4.76. The zero-order valence-electron chi connectivity index (χ0n) is 13.7. The maximum atomic E-state index is 12.7. The number of nitrogens with zero attached hydrogens (tertiary/aromatic N) is 1. The molecule has 0 bridgehead atoms. The Morgan fingerprint density at radius 1 is 1.16 bits per heavy atom. The van der Waals surface area contributed by atoms with E-state index in [1.54, 1.807) is 11.8 Å². The number of rotatable bonds is 4. The number of thioether (sulfide) groups is 1. The summed E-state index contributed by atoms with van der Waals surface area (Å²) in [6.07, 6.45) is 1.98. The molecule has 3 rings (SSSR count). The van der Waals surface area contributed by atoms with Crippen LogP contribution in [0.15, 0.2) is 56.9 Å². The molecule has 0 saturated carbocycles. The molecule has 0 spiro atoms. The molecule has 25 heavy (non-hydrogen) atoms. The van der Waals surface area contributed by atoms with E-state index in [0.717, 1.165) is 15.0 Å². The third-order valence-corrected chi connectivity index (χ3v) is 4.65. The summed E-state index contributed by atoms with van der Waals surface area (Å²) < 4.78 is 5.80. The molecule has 0 amide bonds. The van der Waals surface area contributed by atoms with Crippen LogP contribution in [0.4, 0.5) is 0 Å². The van der Waals surface area contributed by atoms with E-state index in [1.165, 1.54) is 25.3 Å². The lowest BCUT2D eigenvalue weighted by Crippen LogP contribution is -2.35. The Bertz CT molecular complexity index is 1050. The number of nitrogens with one attached hydrogen (secondary N) is 1. The Labute approximate surface area is 147 Å². The quantitative estimate of drug-likeness (QED) is 0.573. The highest BCUT2D eigenvalue weighted by Crippen LogP contribution is 2.15. The van der Waals surface area contributed by atoms with Crippen molar-refractivity contribution in [1.82, 2.24) is 9.55 Å². The number of carbonyl (C=O) groups excluding carboxylic acids is 1. The van der Waals surface area contributed by atoms with Crippen molar-refractivity contribution in [2.24, 2.45) is 0 Å². The van der Waals surface area contributed by atoms with Gasteiger partial charge in [0, 0.05) is 4.90 Å². The predicted octanol–water partition coefficient (Wildman–Crippen LogP) is 2.25. The average Bonchev–Trinajstić information content (AvgIpc) is 2.64. The zero-order chi connectivity index (χ0) is 18.0. The van der Waals surface area contributed by atoms with Crippen molar-refractivity contribution in [3.63, 3.8) is 0 Å². The summed E-state index contributed by atoms with van der Waals surface area (Å²) in [4.78, 5) is 40.3. The van der Waals surface area contributed by atoms with Crippen molar-refractivity contribution in [2.45, 2.75) is 11.4 Å². The summed E-state index contributed by atoms with van der Waals surface area (Å²) in [7, 11) is 1.27. The summed E-state index contributed by atoms with van der Waals surface area (Å²) in [6.45, 7) is 0.178. The summed E-state index contributed by atoms with van der Waals surface area (Å²) in [6, 6.07) is 12.1. The van der Waals surface area contributed by atoms with E-state index >= 15 is 0 Å². The summed E-state index contributed by atoms with van der Waals surface area (Å²) >= 11 is 1.62. The average molecular weight is 356 g/mol. The van der Waals surface area contributed by atoms with E-state index in [-0.39, 0.29) is 12.1 Å². The summed E-state index contributed by atoms with van der Waals surface area (Å²) in [5.41, 5.74) is 0.524. The highest BCUT2D eigenvalue weighted by molar-refractivity contribution is 7.98. The highest BCUT2D eigenvalue weighted by Gasteiger charge is 2.12. The molecule has 0 saturated heterocycles. The van der Waals surface area contributed by atoms with E-state index in [1.807, 2.05) is 30.5 Å². The molecule has 1 heterocycles. The van der Waals surface area contributed by atoms with Crippen LogP contribution in [-0.2, 0) is 11.3 Å². The fourth-order valence-electron chi connectivity index (χ4n) is 2.56. The molecule has 1 N–H and O–H groups in total. The summed E-state index contributed by atoms with van der Waals surface area (Å²) in [5, 5.41) is 0.341. The van der Waals surface area contributed by atoms with Gasteiger partial charge in [0.25, 0.3) is 5.56 Å². The monoisotopic (exact) mass is 356 g/mol. The number of benzene rings is 2. The van der Waals surface area contributed by atoms with E-state index in [9.17, 15) is 14.4 Å². The van der Waals surface area contributed by atoms with Gasteiger partial charge in [-0.3, -0.25) is 9.36 Å². The maximum Gasteiger partial charge on any atom is 0.337 e. The van der Waals surface area contributed by atoms with Crippen LogP contribution in [0.5, 0.6) is 0 Å². The number of hydrogen-bond donors (Lipinski definition) is 1. The largest absolute Gasteiger partial charge is 0.465 e. The van der Waals surface area contributed by atoms with Crippen LogP contribution in [0.25, 0.3) is 10.9 Å². The Hall–Kier alpha value is -2.80. The van der Waals surface area contributed by atoms with Gasteiger partial charge in [0.2, 0.25) is 0 Å². The van der Waals surface area contributed by atoms with Gasteiger partial charge < -0.3 is 9.72 Å². The first-order valence-corrected chi connectivity index (χ1v) is 8.74. The predicted molar refractivity (Wildman–Crippen MR) is 97.5 cm³/mol. The molecule has 7 heteroatoms. The molecule has 6 nitrogen and oxygen atoms in total. The SMILES string of the molecule is COC(=O)c1ccc2c(=O)n(Cc3ccc(SC)cc3)c(=O)[nH]c2c1. The molecule has 2 aromatic carbocycles. The minimum atomic E-state index is -0.527. The summed E-state index contributed by atoms with van der Waals surface area (Å²) in [5.74, 6) is -0.527. The number of ether oxygens (including phenoxy) is 1. The number of esters is 1. The van der Waals surface area contributed by atoms with E-state index in [0.29, 0.717) is 10.9 Å². The first kappa shape index (κ1) is 17.0. The van der Waals surface area contributed by atoms with Gasteiger partial charge in [-0.05, 0) is 42.2 Å². The Morgan fingerprint density at radius 2 is 1.88 bits per heavy atom. The molecule has 0 unspecified atom stereocenters. The third-order valence-electron chi connectivity index (χ3n) is 3.90. The number of carbonyl (C=O) groups is 1. The lowest BCUT2D eigenvalue weighted by molar-refractivity contribution is 0.0601. The molecule has 0 aliphatic carbocycles. The number of aromatic amines is 1. The second-order valence-electron chi connectivity index (χ2n) is 5.42. The number of methoxy groups -OCH3 is 1. The van der Waals surface area contributed by atoms with E-state index < -0.39 is 17.2 Å². The van der Waals surface area contributed by atoms with Gasteiger partial charge in [-0.2, -0.15) is 0 Å². The second-order valence-corrected chi connectivity index (χ2v) is 6.30. The molecule has 0 radical (unpaired) electrons.